The summed E-state index contributed by atoms with van der Waals surface area (Å²) in [5, 5.41) is 20.6. The molecule has 0 N–H and O–H groups in total. The van der Waals surface area contributed by atoms with Crippen LogP contribution in [0.15, 0.2) is 60.2 Å². The van der Waals surface area contributed by atoms with Gasteiger partial charge in [0.15, 0.2) is 0 Å². The Labute approximate surface area is 180 Å². The topological polar surface area (TPSA) is 92.2 Å². The number of hydrogen-bond donors (Lipinski definition) is 0. The van der Waals surface area contributed by atoms with Crippen molar-refractivity contribution in [1.82, 2.24) is 4.57 Å². The van der Waals surface area contributed by atoms with Gasteiger partial charge in [-0.15, -0.1) is 0 Å². The number of nitrogens with zero attached hydrogens (tertiary/aromatic N) is 4. The molecule has 7 heteroatoms. The molecule has 0 aliphatic carbocycles. The van der Waals surface area contributed by atoms with Crippen molar-refractivity contribution in [2.24, 2.45) is 0 Å². The summed E-state index contributed by atoms with van der Waals surface area (Å²) in [5.41, 5.74) is 4.48. The molecule has 0 aliphatic rings. The number of non-ortho nitro benzene ring substituents is 1. The zero-order valence-electron chi connectivity index (χ0n) is 17.8. The number of Topliss-reactive ketones (excluding diaryl/α,β-unsaturated/α-hetero) is 1. The Bertz CT molecular complexity index is 1230. The average molecular weight is 414 g/mol. The van der Waals surface area contributed by atoms with Crippen LogP contribution in [-0.2, 0) is 0 Å². The number of carbonyl (C=O) groups is 1. The number of hydrogen-bond acceptors (Lipinski definition) is 5. The first-order valence-electron chi connectivity index (χ1n) is 9.60. The lowest BCUT2D eigenvalue weighted by atomic mass is 10.0. The van der Waals surface area contributed by atoms with Crippen LogP contribution in [0.4, 0.5) is 11.4 Å². The fourth-order valence-electron chi connectivity index (χ4n) is 3.45. The molecule has 0 saturated heterocycles. The molecule has 0 atom stereocenters. The van der Waals surface area contributed by atoms with Crippen LogP contribution in [0.25, 0.3) is 11.8 Å². The van der Waals surface area contributed by atoms with Gasteiger partial charge < -0.3 is 9.47 Å². The van der Waals surface area contributed by atoms with Gasteiger partial charge in [0.25, 0.3) is 5.69 Å². The van der Waals surface area contributed by atoms with Crippen LogP contribution >= 0.6 is 0 Å². The lowest BCUT2D eigenvalue weighted by Crippen LogP contribution is -2.08. The van der Waals surface area contributed by atoms with E-state index in [0.29, 0.717) is 0 Å². The Morgan fingerprint density at radius 3 is 2.39 bits per heavy atom. The van der Waals surface area contributed by atoms with Gasteiger partial charge >= 0.3 is 0 Å². The van der Waals surface area contributed by atoms with Crippen molar-refractivity contribution >= 4 is 23.2 Å². The first kappa shape index (κ1) is 21.5. The lowest BCUT2D eigenvalue weighted by molar-refractivity contribution is -0.384. The summed E-state index contributed by atoms with van der Waals surface area (Å²) in [7, 11) is 3.96. The number of nitriles is 1. The van der Waals surface area contributed by atoms with E-state index in [4.69, 9.17) is 0 Å². The molecule has 0 aliphatic heterocycles. The molecule has 1 aromatic heterocycles. The number of nitro benzene ring substituents is 1. The number of nitro groups is 1. The highest BCUT2D eigenvalue weighted by atomic mass is 16.6. The largest absolute Gasteiger partial charge is 0.378 e. The van der Waals surface area contributed by atoms with Crippen LogP contribution in [0.1, 0.15) is 27.3 Å². The molecule has 1 heterocycles. The smallest absolute Gasteiger partial charge is 0.270 e. The van der Waals surface area contributed by atoms with Crippen LogP contribution in [0.5, 0.6) is 0 Å². The highest BCUT2D eigenvalue weighted by Crippen LogP contribution is 2.25. The second-order valence-electron chi connectivity index (χ2n) is 7.38. The van der Waals surface area contributed by atoms with Gasteiger partial charge in [-0.2, -0.15) is 5.26 Å². The van der Waals surface area contributed by atoms with E-state index in [1.807, 2.05) is 69.2 Å². The zero-order valence-corrected chi connectivity index (χ0v) is 17.8. The number of carbonyl (C=O) groups excluding carboxylic acids is 1. The second kappa shape index (κ2) is 8.67. The van der Waals surface area contributed by atoms with E-state index >= 15 is 0 Å². The van der Waals surface area contributed by atoms with Crippen molar-refractivity contribution < 1.29 is 9.72 Å². The molecule has 156 valence electrons. The summed E-state index contributed by atoms with van der Waals surface area (Å²) in [5.74, 6) is -0.550. The number of anilines is 1. The van der Waals surface area contributed by atoms with Gasteiger partial charge in [-0.25, -0.2) is 0 Å². The summed E-state index contributed by atoms with van der Waals surface area (Å²) >= 11 is 0. The van der Waals surface area contributed by atoms with E-state index in [-0.39, 0.29) is 16.8 Å². The minimum Gasteiger partial charge on any atom is -0.378 e. The predicted octanol–water partition coefficient (Wildman–Crippen LogP) is 4.86. The Hall–Kier alpha value is -4.18. The highest BCUT2D eigenvalue weighted by Gasteiger charge is 2.17. The second-order valence-corrected chi connectivity index (χ2v) is 7.38. The Morgan fingerprint density at radius 1 is 1.13 bits per heavy atom. The molecule has 2 aromatic carbocycles. The third-order valence-corrected chi connectivity index (χ3v) is 5.08. The zero-order chi connectivity index (χ0) is 22.7. The van der Waals surface area contributed by atoms with Gasteiger partial charge in [0.05, 0.1) is 4.92 Å². The predicted molar refractivity (Wildman–Crippen MR) is 121 cm³/mol. The molecular weight excluding hydrogens is 392 g/mol. The van der Waals surface area contributed by atoms with Gasteiger partial charge in [0, 0.05) is 54.6 Å². The van der Waals surface area contributed by atoms with Crippen molar-refractivity contribution in [3.05, 3.63) is 92.8 Å². The molecular formula is C24H22N4O3. The Morgan fingerprint density at radius 2 is 1.81 bits per heavy atom. The molecule has 0 fully saturated rings. The van der Waals surface area contributed by atoms with E-state index < -0.39 is 10.7 Å². The average Bonchev–Trinajstić information content (AvgIpc) is 3.04. The fourth-order valence-corrected chi connectivity index (χ4v) is 3.45. The molecule has 0 unspecified atom stereocenters. The van der Waals surface area contributed by atoms with Gasteiger partial charge in [0.2, 0.25) is 5.78 Å². The summed E-state index contributed by atoms with van der Waals surface area (Å²) in [4.78, 5) is 25.3. The summed E-state index contributed by atoms with van der Waals surface area (Å²) in [6.45, 7) is 3.88. The SMILES string of the molecule is Cc1cc(/C=C(/C#N)C(=O)c2cccc([N+](=O)[O-])c2)c(C)n1-c1ccc(N(C)C)cc1. The highest BCUT2D eigenvalue weighted by molar-refractivity contribution is 6.14. The molecule has 0 bridgehead atoms. The van der Waals surface area contributed by atoms with E-state index in [2.05, 4.69) is 4.57 Å². The molecule has 3 rings (SSSR count). The van der Waals surface area contributed by atoms with E-state index in [1.54, 1.807) is 0 Å². The van der Waals surface area contributed by atoms with Crippen LogP contribution in [0, 0.1) is 35.3 Å². The molecule has 0 saturated carbocycles. The van der Waals surface area contributed by atoms with Crippen molar-refractivity contribution in [2.45, 2.75) is 13.8 Å². The van der Waals surface area contributed by atoms with Crippen molar-refractivity contribution in [2.75, 3.05) is 19.0 Å². The van der Waals surface area contributed by atoms with Crippen LogP contribution in [0.3, 0.4) is 0 Å². The normalized spacial score (nSPS) is 11.1. The minimum atomic E-state index is -0.568. The first-order chi connectivity index (χ1) is 14.7. The van der Waals surface area contributed by atoms with Gasteiger partial charge in [-0.3, -0.25) is 14.9 Å². The maximum atomic E-state index is 12.8. The maximum Gasteiger partial charge on any atom is 0.270 e. The molecule has 0 radical (unpaired) electrons. The Balaban J connectivity index is 2.00. The van der Waals surface area contributed by atoms with Gasteiger partial charge in [-0.1, -0.05) is 12.1 Å². The van der Waals surface area contributed by atoms with E-state index in [9.17, 15) is 20.2 Å². The summed E-state index contributed by atoms with van der Waals surface area (Å²) < 4.78 is 2.05. The third-order valence-electron chi connectivity index (χ3n) is 5.08. The van der Waals surface area contributed by atoms with Crippen molar-refractivity contribution in [1.29, 1.82) is 5.26 Å². The number of aromatic nitrogens is 1. The molecule has 0 amide bonds. The number of benzene rings is 2. The van der Waals surface area contributed by atoms with Crippen molar-refractivity contribution in [3.63, 3.8) is 0 Å². The van der Waals surface area contributed by atoms with Crippen LogP contribution in [0.2, 0.25) is 0 Å². The third kappa shape index (κ3) is 4.38. The van der Waals surface area contributed by atoms with Gasteiger partial charge in [-0.05, 0) is 55.8 Å². The number of allylic oxidation sites excluding steroid dienone is 1. The number of aryl methyl sites for hydroxylation is 1. The van der Waals surface area contributed by atoms with E-state index in [1.165, 1.54) is 30.3 Å². The standard InChI is InChI=1S/C24H22N4O3/c1-16-12-19(17(2)27(16)22-10-8-21(9-11-22)26(3)4)13-20(15-25)24(29)18-6-5-7-23(14-18)28(30)31/h5-14H,1-4H3/b20-13-. The Kier molecular flexibility index (Phi) is 6.02. The first-order valence-corrected chi connectivity index (χ1v) is 9.60. The number of rotatable bonds is 6. The van der Waals surface area contributed by atoms with Gasteiger partial charge in [0.1, 0.15) is 11.6 Å². The molecule has 31 heavy (non-hydrogen) atoms. The van der Waals surface area contributed by atoms with Crippen molar-refractivity contribution in [3.8, 4) is 11.8 Å². The van der Waals surface area contributed by atoms with E-state index in [0.717, 1.165) is 28.3 Å². The van der Waals surface area contributed by atoms with Crippen LogP contribution < -0.4 is 4.90 Å². The summed E-state index contributed by atoms with van der Waals surface area (Å²) in [6.07, 6.45) is 1.54. The molecule has 7 nitrogen and oxygen atoms in total. The maximum absolute atomic E-state index is 12.8. The minimum absolute atomic E-state index is 0.0799. The molecule has 0 spiro atoms. The monoisotopic (exact) mass is 414 g/mol. The lowest BCUT2D eigenvalue weighted by Gasteiger charge is -2.14. The fraction of sp³-hybridized carbons (Fsp3) is 0.167. The summed E-state index contributed by atoms with van der Waals surface area (Å²) in [6, 6.07) is 17.3. The molecule has 3 aromatic rings. The quantitative estimate of drug-likeness (QED) is 0.189. The van der Waals surface area contributed by atoms with Crippen LogP contribution in [-0.4, -0.2) is 29.4 Å². The number of ketones is 1.